The Bertz CT molecular complexity index is 362. The van der Waals surface area contributed by atoms with Crippen LogP contribution < -0.4 is 5.32 Å². The van der Waals surface area contributed by atoms with Gasteiger partial charge in [0.1, 0.15) is 0 Å². The van der Waals surface area contributed by atoms with E-state index in [1.165, 1.54) is 0 Å². The molecule has 0 aliphatic rings. The fourth-order valence-corrected chi connectivity index (χ4v) is 1.78. The first-order chi connectivity index (χ1) is 9.38. The van der Waals surface area contributed by atoms with Gasteiger partial charge in [0.25, 0.3) is 0 Å². The highest BCUT2D eigenvalue weighted by atomic mass is 16.5. The van der Waals surface area contributed by atoms with E-state index in [2.05, 4.69) is 11.4 Å². The first-order valence-electron chi connectivity index (χ1n) is 6.60. The number of methoxy groups -OCH3 is 1. The van der Waals surface area contributed by atoms with Gasteiger partial charge in [0.2, 0.25) is 0 Å². The summed E-state index contributed by atoms with van der Waals surface area (Å²) < 4.78 is 10.3. The Morgan fingerprint density at radius 3 is 2.68 bits per heavy atom. The molecule has 0 aliphatic carbocycles. The third kappa shape index (κ3) is 6.92. The van der Waals surface area contributed by atoms with Crippen LogP contribution in [0.2, 0.25) is 0 Å². The number of hydrogen-bond donors (Lipinski definition) is 1. The smallest absolute Gasteiger partial charge is 0.0700 e. The summed E-state index contributed by atoms with van der Waals surface area (Å²) in [6, 6.07) is 12.4. The van der Waals surface area contributed by atoms with Crippen LogP contribution in [-0.2, 0) is 9.47 Å². The lowest BCUT2D eigenvalue weighted by atomic mass is 10.0. The molecule has 104 valence electrons. The summed E-state index contributed by atoms with van der Waals surface area (Å²) in [6.07, 6.45) is 1.41. The molecule has 0 spiro atoms. The van der Waals surface area contributed by atoms with E-state index < -0.39 is 0 Å². The summed E-state index contributed by atoms with van der Waals surface area (Å²) in [7, 11) is 1.66. The van der Waals surface area contributed by atoms with Crippen LogP contribution in [0, 0.1) is 11.3 Å². The Balaban J connectivity index is 2.22. The van der Waals surface area contributed by atoms with Gasteiger partial charge in [0, 0.05) is 19.8 Å². The van der Waals surface area contributed by atoms with Gasteiger partial charge < -0.3 is 14.8 Å². The lowest BCUT2D eigenvalue weighted by Crippen LogP contribution is -2.23. The zero-order valence-electron chi connectivity index (χ0n) is 11.5. The fraction of sp³-hybridized carbons (Fsp3) is 0.533. The summed E-state index contributed by atoms with van der Waals surface area (Å²) in [5.74, 6) is 0. The van der Waals surface area contributed by atoms with E-state index in [1.807, 2.05) is 30.3 Å². The van der Waals surface area contributed by atoms with Crippen molar-refractivity contribution in [1.29, 1.82) is 5.26 Å². The molecule has 1 aromatic carbocycles. The third-order valence-corrected chi connectivity index (χ3v) is 2.79. The molecule has 0 saturated heterocycles. The van der Waals surface area contributed by atoms with Crippen LogP contribution in [0.4, 0.5) is 0 Å². The zero-order chi connectivity index (χ0) is 13.8. The molecule has 0 bridgehead atoms. The Kier molecular flexibility index (Phi) is 8.65. The predicted molar refractivity (Wildman–Crippen MR) is 74.7 cm³/mol. The van der Waals surface area contributed by atoms with Crippen LogP contribution in [-0.4, -0.2) is 33.5 Å². The average Bonchev–Trinajstić information content (AvgIpc) is 2.46. The summed E-state index contributed by atoms with van der Waals surface area (Å²) in [6.45, 7) is 2.82. The SMILES string of the molecule is COCCOCCCNC(CC#N)c1ccccc1. The normalized spacial score (nSPS) is 12.0. The van der Waals surface area contributed by atoms with Crippen molar-refractivity contribution in [3.63, 3.8) is 0 Å². The molecule has 1 rings (SSSR count). The minimum Gasteiger partial charge on any atom is -0.382 e. The van der Waals surface area contributed by atoms with Gasteiger partial charge in [-0.2, -0.15) is 5.26 Å². The molecule has 19 heavy (non-hydrogen) atoms. The minimum atomic E-state index is 0.102. The molecule has 1 N–H and O–H groups in total. The van der Waals surface area contributed by atoms with Gasteiger partial charge in [-0.25, -0.2) is 0 Å². The monoisotopic (exact) mass is 262 g/mol. The number of ether oxygens (including phenoxy) is 2. The first-order valence-corrected chi connectivity index (χ1v) is 6.60. The summed E-state index contributed by atoms with van der Waals surface area (Å²) in [5.41, 5.74) is 1.16. The second-order valence-corrected chi connectivity index (χ2v) is 4.24. The second-order valence-electron chi connectivity index (χ2n) is 4.24. The molecular weight excluding hydrogens is 240 g/mol. The Morgan fingerprint density at radius 2 is 2.00 bits per heavy atom. The van der Waals surface area contributed by atoms with Crippen molar-refractivity contribution in [2.75, 3.05) is 33.5 Å². The van der Waals surface area contributed by atoms with Crippen LogP contribution in [0.25, 0.3) is 0 Å². The zero-order valence-corrected chi connectivity index (χ0v) is 11.5. The van der Waals surface area contributed by atoms with Crippen LogP contribution in [0.1, 0.15) is 24.4 Å². The topological polar surface area (TPSA) is 54.3 Å². The lowest BCUT2D eigenvalue weighted by Gasteiger charge is -2.16. The van der Waals surface area contributed by atoms with E-state index in [9.17, 15) is 0 Å². The van der Waals surface area contributed by atoms with Gasteiger partial charge in [0.15, 0.2) is 0 Å². The summed E-state index contributed by atoms with van der Waals surface area (Å²) in [4.78, 5) is 0. The lowest BCUT2D eigenvalue weighted by molar-refractivity contribution is 0.0692. The van der Waals surface area contributed by atoms with Crippen molar-refractivity contribution in [2.24, 2.45) is 0 Å². The third-order valence-electron chi connectivity index (χ3n) is 2.79. The van der Waals surface area contributed by atoms with Crippen LogP contribution in [0.3, 0.4) is 0 Å². The van der Waals surface area contributed by atoms with Crippen molar-refractivity contribution in [3.05, 3.63) is 35.9 Å². The molecule has 0 aromatic heterocycles. The van der Waals surface area contributed by atoms with Crippen LogP contribution in [0.5, 0.6) is 0 Å². The van der Waals surface area contributed by atoms with Crippen LogP contribution in [0.15, 0.2) is 30.3 Å². The highest BCUT2D eigenvalue weighted by Crippen LogP contribution is 2.15. The van der Waals surface area contributed by atoms with Gasteiger partial charge in [-0.3, -0.25) is 0 Å². The van der Waals surface area contributed by atoms with Gasteiger partial charge >= 0.3 is 0 Å². The summed E-state index contributed by atoms with van der Waals surface area (Å²) in [5, 5.41) is 12.3. The molecule has 0 radical (unpaired) electrons. The average molecular weight is 262 g/mol. The standard InChI is InChI=1S/C15H22N2O2/c1-18-12-13-19-11-5-10-17-15(8-9-16)14-6-3-2-4-7-14/h2-4,6-7,15,17H,5,8,10-13H2,1H3. The van der Waals surface area contributed by atoms with Gasteiger partial charge in [0.05, 0.1) is 25.7 Å². The van der Waals surface area contributed by atoms with Crippen molar-refractivity contribution in [3.8, 4) is 6.07 Å². The number of rotatable bonds is 10. The highest BCUT2D eigenvalue weighted by Gasteiger charge is 2.09. The van der Waals surface area contributed by atoms with E-state index in [-0.39, 0.29) is 6.04 Å². The highest BCUT2D eigenvalue weighted by molar-refractivity contribution is 5.19. The molecule has 4 nitrogen and oxygen atoms in total. The van der Waals surface area contributed by atoms with Gasteiger partial charge in [-0.15, -0.1) is 0 Å². The van der Waals surface area contributed by atoms with Gasteiger partial charge in [-0.1, -0.05) is 30.3 Å². The molecular formula is C15H22N2O2. The Labute approximate surface area is 115 Å². The molecule has 4 heteroatoms. The maximum Gasteiger partial charge on any atom is 0.0700 e. The maximum absolute atomic E-state index is 8.87. The van der Waals surface area contributed by atoms with E-state index >= 15 is 0 Å². The number of nitrogens with zero attached hydrogens (tertiary/aromatic N) is 1. The molecule has 0 saturated carbocycles. The largest absolute Gasteiger partial charge is 0.382 e. The first kappa shape index (κ1) is 15.6. The van der Waals surface area contributed by atoms with Crippen molar-refractivity contribution in [2.45, 2.75) is 18.9 Å². The fourth-order valence-electron chi connectivity index (χ4n) is 1.78. The minimum absolute atomic E-state index is 0.102. The van der Waals surface area contributed by atoms with Crippen molar-refractivity contribution < 1.29 is 9.47 Å². The Hall–Kier alpha value is -1.41. The predicted octanol–water partition coefficient (Wildman–Crippen LogP) is 2.28. The van der Waals surface area contributed by atoms with E-state index in [4.69, 9.17) is 14.7 Å². The second kappa shape index (κ2) is 10.5. The van der Waals surface area contributed by atoms with E-state index in [0.717, 1.165) is 18.5 Å². The quantitative estimate of drug-likeness (QED) is 0.657. The number of nitrogens with one attached hydrogen (secondary N) is 1. The Morgan fingerprint density at radius 1 is 1.21 bits per heavy atom. The molecule has 1 unspecified atom stereocenters. The molecule has 0 heterocycles. The molecule has 0 amide bonds. The van der Waals surface area contributed by atoms with E-state index in [0.29, 0.717) is 26.2 Å². The van der Waals surface area contributed by atoms with Crippen molar-refractivity contribution >= 4 is 0 Å². The van der Waals surface area contributed by atoms with Gasteiger partial charge in [-0.05, 0) is 18.5 Å². The number of benzene rings is 1. The number of hydrogen-bond acceptors (Lipinski definition) is 4. The van der Waals surface area contributed by atoms with Crippen molar-refractivity contribution in [1.82, 2.24) is 5.32 Å². The van der Waals surface area contributed by atoms with Crippen LogP contribution >= 0.6 is 0 Å². The maximum atomic E-state index is 8.87. The molecule has 0 fully saturated rings. The molecule has 1 atom stereocenters. The van der Waals surface area contributed by atoms with E-state index in [1.54, 1.807) is 7.11 Å². The molecule has 0 aliphatic heterocycles. The number of nitriles is 1. The summed E-state index contributed by atoms with van der Waals surface area (Å²) >= 11 is 0. The molecule has 1 aromatic rings.